The fourth-order valence-electron chi connectivity index (χ4n) is 1.91. The van der Waals surface area contributed by atoms with Crippen molar-refractivity contribution in [3.05, 3.63) is 64.4 Å². The molecule has 0 aliphatic rings. The number of urea groups is 1. The summed E-state index contributed by atoms with van der Waals surface area (Å²) in [6, 6.07) is 11.6. The molecule has 0 unspecified atom stereocenters. The number of hydrogen-bond donors (Lipinski definition) is 2. The number of rotatable bonds is 4. The Kier molecular flexibility index (Phi) is 5.17. The first kappa shape index (κ1) is 15.3. The van der Waals surface area contributed by atoms with Crippen molar-refractivity contribution in [3.8, 4) is 0 Å². The number of nitrogens with one attached hydrogen (secondary N) is 2. The predicted octanol–water partition coefficient (Wildman–Crippen LogP) is 4.15. The molecule has 0 heterocycles. The molecule has 2 rings (SSSR count). The fourth-order valence-corrected chi connectivity index (χ4v) is 2.13. The molecule has 0 spiro atoms. The molecule has 2 aromatic rings. The number of amides is 2. The number of benzene rings is 2. The maximum atomic E-state index is 13.5. The summed E-state index contributed by atoms with van der Waals surface area (Å²) in [5.74, 6) is -0.453. The maximum Gasteiger partial charge on any atom is 0.319 e. The molecule has 2 aromatic carbocycles. The van der Waals surface area contributed by atoms with Crippen LogP contribution in [0.5, 0.6) is 0 Å². The van der Waals surface area contributed by atoms with Crippen molar-refractivity contribution in [2.24, 2.45) is 0 Å². The summed E-state index contributed by atoms with van der Waals surface area (Å²) >= 11 is 5.88. The molecule has 0 radical (unpaired) electrons. The van der Waals surface area contributed by atoms with E-state index in [4.69, 9.17) is 11.6 Å². The molecule has 2 amide bonds. The van der Waals surface area contributed by atoms with E-state index in [-0.39, 0.29) is 5.69 Å². The van der Waals surface area contributed by atoms with Gasteiger partial charge in [0.15, 0.2) is 0 Å². The molecule has 5 heteroatoms. The summed E-state index contributed by atoms with van der Waals surface area (Å²) in [5.41, 5.74) is 2.09. The smallest absolute Gasteiger partial charge is 0.319 e. The van der Waals surface area contributed by atoms with Gasteiger partial charge in [0, 0.05) is 11.6 Å². The highest BCUT2D eigenvalue weighted by atomic mass is 35.5. The number of carbonyl (C=O) groups excluding carboxylic acids is 1. The summed E-state index contributed by atoms with van der Waals surface area (Å²) in [7, 11) is 0. The van der Waals surface area contributed by atoms with Crippen LogP contribution in [0.2, 0.25) is 5.02 Å². The van der Waals surface area contributed by atoms with E-state index >= 15 is 0 Å². The van der Waals surface area contributed by atoms with Crippen molar-refractivity contribution >= 4 is 23.3 Å². The minimum atomic E-state index is -0.453. The van der Waals surface area contributed by atoms with Crippen LogP contribution in [-0.2, 0) is 6.42 Å². The van der Waals surface area contributed by atoms with E-state index in [0.717, 1.165) is 11.1 Å². The zero-order valence-electron chi connectivity index (χ0n) is 11.6. The largest absolute Gasteiger partial charge is 0.338 e. The summed E-state index contributed by atoms with van der Waals surface area (Å²) < 4.78 is 13.5. The molecule has 2 N–H and O–H groups in total. The lowest BCUT2D eigenvalue weighted by molar-refractivity contribution is 0.252. The van der Waals surface area contributed by atoms with E-state index < -0.39 is 11.8 Å². The van der Waals surface area contributed by atoms with Gasteiger partial charge >= 0.3 is 6.03 Å². The Balaban J connectivity index is 1.84. The lowest BCUT2D eigenvalue weighted by atomic mass is 10.1. The molecule has 0 saturated carbocycles. The van der Waals surface area contributed by atoms with E-state index in [9.17, 15) is 9.18 Å². The molecule has 3 nitrogen and oxygen atoms in total. The predicted molar refractivity (Wildman–Crippen MR) is 83.3 cm³/mol. The van der Waals surface area contributed by atoms with Crippen LogP contribution in [-0.4, -0.2) is 12.6 Å². The van der Waals surface area contributed by atoms with Gasteiger partial charge in [0.05, 0.1) is 5.69 Å². The van der Waals surface area contributed by atoms with Crippen LogP contribution in [0.4, 0.5) is 14.9 Å². The average molecular weight is 307 g/mol. The van der Waals surface area contributed by atoms with Crippen molar-refractivity contribution in [1.82, 2.24) is 5.32 Å². The minimum absolute atomic E-state index is 0.176. The van der Waals surface area contributed by atoms with Gasteiger partial charge in [-0.05, 0) is 48.7 Å². The molecule has 0 atom stereocenters. The van der Waals surface area contributed by atoms with E-state index in [2.05, 4.69) is 10.6 Å². The van der Waals surface area contributed by atoms with Gasteiger partial charge in [-0.25, -0.2) is 9.18 Å². The fraction of sp³-hybridized carbons (Fsp3) is 0.188. The maximum absolute atomic E-state index is 13.5. The second kappa shape index (κ2) is 7.09. The Morgan fingerprint density at radius 2 is 2.05 bits per heavy atom. The van der Waals surface area contributed by atoms with Crippen molar-refractivity contribution in [1.29, 1.82) is 0 Å². The third kappa shape index (κ3) is 4.76. The minimum Gasteiger partial charge on any atom is -0.338 e. The molecule has 0 aliphatic carbocycles. The van der Waals surface area contributed by atoms with Gasteiger partial charge in [-0.1, -0.05) is 29.8 Å². The van der Waals surface area contributed by atoms with E-state index in [1.54, 1.807) is 18.2 Å². The Labute approximate surface area is 128 Å². The zero-order valence-corrected chi connectivity index (χ0v) is 12.4. The highest BCUT2D eigenvalue weighted by Crippen LogP contribution is 2.15. The monoisotopic (exact) mass is 306 g/mol. The van der Waals surface area contributed by atoms with Crippen molar-refractivity contribution in [3.63, 3.8) is 0 Å². The van der Waals surface area contributed by atoms with E-state index in [0.29, 0.717) is 18.0 Å². The molecule has 110 valence electrons. The summed E-state index contributed by atoms with van der Waals surface area (Å²) in [5, 5.41) is 5.85. The highest BCUT2D eigenvalue weighted by molar-refractivity contribution is 6.30. The van der Waals surface area contributed by atoms with E-state index in [1.165, 1.54) is 6.07 Å². The Bertz CT molecular complexity index is 646. The Hall–Kier alpha value is -2.07. The first-order valence-electron chi connectivity index (χ1n) is 6.60. The summed E-state index contributed by atoms with van der Waals surface area (Å²) in [6.45, 7) is 2.28. The van der Waals surface area contributed by atoms with Crippen LogP contribution in [0.3, 0.4) is 0 Å². The summed E-state index contributed by atoms with van der Waals surface area (Å²) in [4.78, 5) is 11.7. The van der Waals surface area contributed by atoms with Crippen LogP contribution in [0.25, 0.3) is 0 Å². The van der Waals surface area contributed by atoms with Crippen LogP contribution in [0.1, 0.15) is 11.1 Å². The second-order valence-corrected chi connectivity index (χ2v) is 5.18. The molecule has 0 aromatic heterocycles. The lowest BCUT2D eigenvalue weighted by Crippen LogP contribution is -2.30. The topological polar surface area (TPSA) is 41.1 Å². The molecule has 0 aliphatic heterocycles. The zero-order chi connectivity index (χ0) is 15.2. The number of anilines is 1. The van der Waals surface area contributed by atoms with Gasteiger partial charge < -0.3 is 10.6 Å². The van der Waals surface area contributed by atoms with Crippen molar-refractivity contribution in [2.45, 2.75) is 13.3 Å². The Morgan fingerprint density at radius 1 is 1.24 bits per heavy atom. The van der Waals surface area contributed by atoms with Gasteiger partial charge in [0.1, 0.15) is 5.82 Å². The number of aryl methyl sites for hydroxylation is 1. The van der Waals surface area contributed by atoms with Crippen molar-refractivity contribution in [2.75, 3.05) is 11.9 Å². The van der Waals surface area contributed by atoms with Gasteiger partial charge in [0.25, 0.3) is 0 Å². The van der Waals surface area contributed by atoms with E-state index in [1.807, 2.05) is 25.1 Å². The number of halogens is 2. The van der Waals surface area contributed by atoms with Gasteiger partial charge in [-0.15, -0.1) is 0 Å². The standard InChI is InChI=1S/C16H16ClFN2O/c1-11-5-6-14(18)15(9-11)20-16(21)19-8-7-12-3-2-4-13(17)10-12/h2-6,9-10H,7-8H2,1H3,(H2,19,20,21). The molecule has 0 bridgehead atoms. The van der Waals surface area contributed by atoms with Crippen LogP contribution in [0, 0.1) is 12.7 Å². The summed E-state index contributed by atoms with van der Waals surface area (Å²) in [6.07, 6.45) is 0.657. The Morgan fingerprint density at radius 3 is 2.81 bits per heavy atom. The molecular formula is C16H16ClFN2O. The van der Waals surface area contributed by atoms with Crippen LogP contribution in [0.15, 0.2) is 42.5 Å². The normalized spacial score (nSPS) is 10.2. The molecule has 0 fully saturated rings. The second-order valence-electron chi connectivity index (χ2n) is 4.74. The third-order valence-corrected chi connectivity index (χ3v) is 3.19. The number of hydrogen-bond acceptors (Lipinski definition) is 1. The molecular weight excluding hydrogens is 291 g/mol. The highest BCUT2D eigenvalue weighted by Gasteiger charge is 2.06. The van der Waals surface area contributed by atoms with Gasteiger partial charge in [-0.2, -0.15) is 0 Å². The first-order chi connectivity index (χ1) is 10.0. The first-order valence-corrected chi connectivity index (χ1v) is 6.98. The molecule has 21 heavy (non-hydrogen) atoms. The van der Waals surface area contributed by atoms with Gasteiger partial charge in [-0.3, -0.25) is 0 Å². The van der Waals surface area contributed by atoms with Crippen LogP contribution >= 0.6 is 11.6 Å². The average Bonchev–Trinajstić information content (AvgIpc) is 2.43. The lowest BCUT2D eigenvalue weighted by Gasteiger charge is -2.09. The quantitative estimate of drug-likeness (QED) is 0.875. The third-order valence-electron chi connectivity index (χ3n) is 2.96. The van der Waals surface area contributed by atoms with Crippen LogP contribution < -0.4 is 10.6 Å². The SMILES string of the molecule is Cc1ccc(F)c(NC(=O)NCCc2cccc(Cl)c2)c1. The van der Waals surface area contributed by atoms with Crippen molar-refractivity contribution < 1.29 is 9.18 Å². The number of carbonyl (C=O) groups is 1. The van der Waals surface area contributed by atoms with Gasteiger partial charge in [0.2, 0.25) is 0 Å². The molecule has 0 saturated heterocycles.